The Labute approximate surface area is 107 Å². The lowest BCUT2D eigenvalue weighted by atomic mass is 9.87. The van der Waals surface area contributed by atoms with Crippen LogP contribution in [0.15, 0.2) is 18.2 Å². The van der Waals surface area contributed by atoms with Gasteiger partial charge < -0.3 is 0 Å². The van der Waals surface area contributed by atoms with E-state index in [-0.39, 0.29) is 16.2 Å². The molecule has 0 saturated carbocycles. The molecule has 94 valence electrons. The summed E-state index contributed by atoms with van der Waals surface area (Å²) < 4.78 is 13.2. The van der Waals surface area contributed by atoms with Gasteiger partial charge in [0.15, 0.2) is 0 Å². The minimum Gasteiger partial charge on any atom is -0.299 e. The van der Waals surface area contributed by atoms with Crippen LogP contribution < -0.4 is 0 Å². The van der Waals surface area contributed by atoms with E-state index in [1.165, 1.54) is 6.07 Å². The summed E-state index contributed by atoms with van der Waals surface area (Å²) in [6.45, 7) is 5.74. The Bertz CT molecular complexity index is 407. The molecule has 3 heteroatoms. The minimum atomic E-state index is -0.397. The van der Waals surface area contributed by atoms with Gasteiger partial charge in [-0.25, -0.2) is 4.39 Å². The first-order chi connectivity index (χ1) is 7.80. The Morgan fingerprint density at radius 3 is 2.53 bits per heavy atom. The van der Waals surface area contributed by atoms with Crippen LogP contribution in [0.4, 0.5) is 4.39 Å². The van der Waals surface area contributed by atoms with Crippen molar-refractivity contribution in [1.82, 2.24) is 0 Å². The summed E-state index contributed by atoms with van der Waals surface area (Å²) in [4.78, 5) is 11.7. The van der Waals surface area contributed by atoms with Crippen LogP contribution in [0.2, 0.25) is 5.02 Å². The minimum absolute atomic E-state index is 0.138. The van der Waals surface area contributed by atoms with Crippen LogP contribution in [0.1, 0.15) is 39.2 Å². The molecule has 0 amide bonds. The van der Waals surface area contributed by atoms with Gasteiger partial charge in [-0.3, -0.25) is 4.79 Å². The molecule has 0 heterocycles. The Morgan fingerprint density at radius 1 is 1.35 bits per heavy atom. The maximum atomic E-state index is 13.2. The van der Waals surface area contributed by atoms with Gasteiger partial charge in [0.05, 0.1) is 5.02 Å². The van der Waals surface area contributed by atoms with Crippen molar-refractivity contribution >= 4 is 17.4 Å². The van der Waals surface area contributed by atoms with E-state index in [2.05, 4.69) is 0 Å². The maximum absolute atomic E-state index is 13.2. The van der Waals surface area contributed by atoms with Gasteiger partial charge in [-0.15, -0.1) is 0 Å². The van der Waals surface area contributed by atoms with Crippen LogP contribution in [0, 0.1) is 11.2 Å². The first-order valence-electron chi connectivity index (χ1n) is 5.78. The monoisotopic (exact) mass is 256 g/mol. The van der Waals surface area contributed by atoms with Crippen LogP contribution in [0.5, 0.6) is 0 Å². The van der Waals surface area contributed by atoms with Gasteiger partial charge in [0.1, 0.15) is 11.6 Å². The van der Waals surface area contributed by atoms with Crippen molar-refractivity contribution in [3.8, 4) is 0 Å². The first kappa shape index (κ1) is 14.2. The normalized spacial score (nSPS) is 11.6. The van der Waals surface area contributed by atoms with Crippen molar-refractivity contribution < 1.29 is 9.18 Å². The smallest absolute Gasteiger partial charge is 0.142 e. The molecule has 0 N–H and O–H groups in total. The zero-order valence-electron chi connectivity index (χ0n) is 10.5. The Balaban J connectivity index is 2.46. The molecule has 0 fully saturated rings. The molecule has 0 saturated heterocycles. The number of carbonyl (C=O) groups is 1. The van der Waals surface area contributed by atoms with Crippen molar-refractivity contribution in [3.63, 3.8) is 0 Å². The summed E-state index contributed by atoms with van der Waals surface area (Å²) in [5, 5.41) is 0.138. The highest BCUT2D eigenvalue weighted by Crippen LogP contribution is 2.20. The van der Waals surface area contributed by atoms with E-state index in [1.807, 2.05) is 20.8 Å². The molecule has 1 nitrogen and oxygen atoms in total. The summed E-state index contributed by atoms with van der Waals surface area (Å²) in [6.07, 6.45) is 1.99. The first-order valence-corrected chi connectivity index (χ1v) is 6.16. The quantitative estimate of drug-likeness (QED) is 0.780. The van der Waals surface area contributed by atoms with Crippen molar-refractivity contribution in [1.29, 1.82) is 0 Å². The highest BCUT2D eigenvalue weighted by atomic mass is 35.5. The fourth-order valence-electron chi connectivity index (χ4n) is 1.52. The molecule has 0 bridgehead atoms. The molecule has 1 aromatic rings. The zero-order valence-corrected chi connectivity index (χ0v) is 11.3. The molecule has 0 spiro atoms. The molecule has 1 rings (SSSR count). The number of aryl methyl sites for hydroxylation is 1. The number of rotatable bonds is 4. The van der Waals surface area contributed by atoms with E-state index in [0.29, 0.717) is 12.8 Å². The summed E-state index contributed by atoms with van der Waals surface area (Å²) in [6, 6.07) is 4.79. The molecule has 0 aliphatic carbocycles. The number of halogens is 2. The van der Waals surface area contributed by atoms with Gasteiger partial charge in [-0.1, -0.05) is 38.4 Å². The fraction of sp³-hybridized carbons (Fsp3) is 0.500. The second-order valence-electron chi connectivity index (χ2n) is 5.28. The predicted octanol–water partition coefficient (Wildman–Crippen LogP) is 4.42. The maximum Gasteiger partial charge on any atom is 0.142 e. The number of benzene rings is 1. The molecule has 0 aliphatic heterocycles. The lowest BCUT2D eigenvalue weighted by Gasteiger charge is -2.16. The topological polar surface area (TPSA) is 17.1 Å². The van der Waals surface area contributed by atoms with E-state index in [4.69, 9.17) is 11.6 Å². The number of hydrogen-bond acceptors (Lipinski definition) is 1. The molecule has 0 aliphatic rings. The lowest BCUT2D eigenvalue weighted by Crippen LogP contribution is -2.19. The molecule has 17 heavy (non-hydrogen) atoms. The molecule has 0 radical (unpaired) electrons. The van der Waals surface area contributed by atoms with Gasteiger partial charge in [0.25, 0.3) is 0 Å². The van der Waals surface area contributed by atoms with Gasteiger partial charge in [0, 0.05) is 11.8 Å². The third kappa shape index (κ3) is 4.47. The molecular formula is C14H18ClFO. The van der Waals surface area contributed by atoms with Crippen molar-refractivity contribution in [2.75, 3.05) is 0 Å². The number of carbonyl (C=O) groups excluding carboxylic acids is 1. The highest BCUT2D eigenvalue weighted by Gasteiger charge is 2.20. The number of Topliss-reactive ketones (excluding diaryl/α,β-unsaturated/α-hetero) is 1. The summed E-state index contributed by atoms with van der Waals surface area (Å²) in [7, 11) is 0. The van der Waals surface area contributed by atoms with Crippen molar-refractivity contribution in [2.45, 2.75) is 40.0 Å². The Hall–Kier alpha value is -0.890. The van der Waals surface area contributed by atoms with Crippen LogP contribution in [0.25, 0.3) is 0 Å². The largest absolute Gasteiger partial charge is 0.299 e. The summed E-state index contributed by atoms with van der Waals surface area (Å²) >= 11 is 5.60. The Morgan fingerprint density at radius 2 is 2.00 bits per heavy atom. The lowest BCUT2D eigenvalue weighted by molar-refractivity contribution is -0.126. The molecular weight excluding hydrogens is 239 g/mol. The van der Waals surface area contributed by atoms with Gasteiger partial charge >= 0.3 is 0 Å². The summed E-state index contributed by atoms with van der Waals surface area (Å²) in [5.74, 6) is -0.154. The number of hydrogen-bond donors (Lipinski definition) is 0. The molecule has 0 unspecified atom stereocenters. The van der Waals surface area contributed by atoms with Gasteiger partial charge in [0.2, 0.25) is 0 Å². The SMILES string of the molecule is CC(C)(C)C(=O)CCCc1ccc(Cl)c(F)c1. The average Bonchev–Trinajstić information content (AvgIpc) is 2.22. The van der Waals surface area contributed by atoms with Gasteiger partial charge in [-0.2, -0.15) is 0 Å². The van der Waals surface area contributed by atoms with E-state index in [1.54, 1.807) is 12.1 Å². The fourth-order valence-corrected chi connectivity index (χ4v) is 1.64. The van der Waals surface area contributed by atoms with Crippen molar-refractivity contribution in [3.05, 3.63) is 34.6 Å². The highest BCUT2D eigenvalue weighted by molar-refractivity contribution is 6.30. The predicted molar refractivity (Wildman–Crippen MR) is 68.8 cm³/mol. The molecule has 0 aromatic heterocycles. The zero-order chi connectivity index (χ0) is 13.1. The van der Waals surface area contributed by atoms with E-state index >= 15 is 0 Å². The van der Waals surface area contributed by atoms with E-state index in [0.717, 1.165) is 12.0 Å². The third-order valence-electron chi connectivity index (χ3n) is 2.69. The van der Waals surface area contributed by atoms with E-state index < -0.39 is 5.82 Å². The Kier molecular flexibility index (Phi) is 4.70. The van der Waals surface area contributed by atoms with Gasteiger partial charge in [-0.05, 0) is 30.5 Å². The van der Waals surface area contributed by atoms with Crippen molar-refractivity contribution in [2.24, 2.45) is 5.41 Å². The molecule has 0 atom stereocenters. The third-order valence-corrected chi connectivity index (χ3v) is 3.00. The second-order valence-corrected chi connectivity index (χ2v) is 5.68. The summed E-state index contributed by atoms with van der Waals surface area (Å²) in [5.41, 5.74) is 0.597. The van der Waals surface area contributed by atoms with Crippen LogP contribution in [0.3, 0.4) is 0 Å². The number of ketones is 1. The standard InChI is InChI=1S/C14H18ClFO/c1-14(2,3)13(17)6-4-5-10-7-8-11(15)12(16)9-10/h7-9H,4-6H2,1-3H3. The molecule has 1 aromatic carbocycles. The van der Waals surface area contributed by atoms with E-state index in [9.17, 15) is 9.18 Å². The van der Waals surface area contributed by atoms with Crippen LogP contribution >= 0.6 is 11.6 Å². The van der Waals surface area contributed by atoms with Crippen LogP contribution in [-0.2, 0) is 11.2 Å². The average molecular weight is 257 g/mol. The van der Waals surface area contributed by atoms with Crippen LogP contribution in [-0.4, -0.2) is 5.78 Å². The second kappa shape index (κ2) is 5.63.